The van der Waals surface area contributed by atoms with Gasteiger partial charge < -0.3 is 15.3 Å². The van der Waals surface area contributed by atoms with Gasteiger partial charge in [-0.3, -0.25) is 10.2 Å². The molecule has 1 atom stereocenters. The van der Waals surface area contributed by atoms with Gasteiger partial charge in [0.25, 0.3) is 5.92 Å². The highest BCUT2D eigenvalue weighted by Gasteiger charge is 2.30. The lowest BCUT2D eigenvalue weighted by Crippen LogP contribution is -2.26. The van der Waals surface area contributed by atoms with Crippen LogP contribution in [0.4, 0.5) is 8.78 Å². The van der Waals surface area contributed by atoms with Crippen LogP contribution in [0.15, 0.2) is 71.6 Å². The molecular weight excluding hydrogens is 562 g/mol. The molecule has 0 amide bonds. The number of aliphatic hydroxyl groups is 1. The third-order valence-electron chi connectivity index (χ3n) is 6.17. The maximum Gasteiger partial charge on any atom is 0.271 e. The van der Waals surface area contributed by atoms with Crippen LogP contribution in [0.3, 0.4) is 0 Å². The van der Waals surface area contributed by atoms with Crippen LogP contribution in [0.25, 0.3) is 0 Å². The van der Waals surface area contributed by atoms with Gasteiger partial charge in [0.2, 0.25) is 9.84 Å². The van der Waals surface area contributed by atoms with Crippen LogP contribution in [0.1, 0.15) is 42.0 Å². The number of aliphatic hydroxyl groups excluding tert-OH is 1. The minimum atomic E-state index is -4.38. The molecule has 7 nitrogen and oxygen atoms in total. The Kier molecular flexibility index (Phi) is 9.94. The van der Waals surface area contributed by atoms with Crippen LogP contribution in [0.2, 0.25) is 5.02 Å². The lowest BCUT2D eigenvalue weighted by molar-refractivity contribution is -0.115. The Morgan fingerprint density at radius 3 is 2.25 bits per heavy atom. The molecule has 0 aliphatic heterocycles. The molecule has 3 N–H and O–H groups in total. The molecule has 3 aromatic carbocycles. The normalized spacial score (nSPS) is 12.6. The number of hydrogen-bond donors (Lipinski definition) is 3. The molecule has 40 heavy (non-hydrogen) atoms. The van der Waals surface area contributed by atoms with Crippen molar-refractivity contribution in [3.63, 3.8) is 0 Å². The van der Waals surface area contributed by atoms with Crippen molar-refractivity contribution in [1.29, 1.82) is 10.8 Å². The Hall–Kier alpha value is -3.47. The Morgan fingerprint density at radius 2 is 1.65 bits per heavy atom. The number of ether oxygens (including phenoxy) is 1. The van der Waals surface area contributed by atoms with Gasteiger partial charge in [-0.15, -0.1) is 0 Å². The predicted molar refractivity (Wildman–Crippen MR) is 150 cm³/mol. The number of rotatable bonds is 12. The van der Waals surface area contributed by atoms with Crippen LogP contribution >= 0.6 is 11.6 Å². The number of hydrogen-bond acceptors (Lipinski definition) is 7. The minimum Gasteiger partial charge on any atom is -0.492 e. The summed E-state index contributed by atoms with van der Waals surface area (Å²) in [5.41, 5.74) is 0.423. The van der Waals surface area contributed by atoms with Crippen molar-refractivity contribution in [2.75, 3.05) is 13.2 Å². The summed E-state index contributed by atoms with van der Waals surface area (Å²) in [5.74, 6) is -4.78. The van der Waals surface area contributed by atoms with Crippen molar-refractivity contribution in [2.24, 2.45) is 0 Å². The maximum absolute atomic E-state index is 13.9. The molecule has 0 heterocycles. The number of nitrogens with one attached hydrogen (secondary N) is 2. The summed E-state index contributed by atoms with van der Waals surface area (Å²) in [6.07, 6.45) is -0.587. The summed E-state index contributed by atoms with van der Waals surface area (Å²) in [6.45, 7) is 1.95. The van der Waals surface area contributed by atoms with Crippen LogP contribution in [0, 0.1) is 10.8 Å². The van der Waals surface area contributed by atoms with E-state index < -0.39 is 51.1 Å². The van der Waals surface area contributed by atoms with Gasteiger partial charge in [-0.25, -0.2) is 17.2 Å². The summed E-state index contributed by atoms with van der Waals surface area (Å²) in [4.78, 5) is 12.6. The highest BCUT2D eigenvalue weighted by molar-refractivity contribution is 8.06. The molecule has 3 rings (SSSR count). The van der Waals surface area contributed by atoms with Gasteiger partial charge in [-0.05, 0) is 47.9 Å². The molecular formula is C29H29ClF2N2O5S. The quantitative estimate of drug-likeness (QED) is 0.183. The van der Waals surface area contributed by atoms with Crippen LogP contribution < -0.4 is 4.74 Å². The first-order valence-electron chi connectivity index (χ1n) is 12.3. The first-order chi connectivity index (χ1) is 18.8. The lowest BCUT2D eigenvalue weighted by atomic mass is 9.91. The molecule has 0 aliphatic carbocycles. The number of ketones is 1. The van der Waals surface area contributed by atoms with E-state index in [1.807, 2.05) is 0 Å². The van der Waals surface area contributed by atoms with Gasteiger partial charge in [-0.2, -0.15) is 0 Å². The second kappa shape index (κ2) is 12.8. The van der Waals surface area contributed by atoms with E-state index in [0.29, 0.717) is 18.1 Å². The largest absolute Gasteiger partial charge is 0.492 e. The number of carbonyl (C=O) groups is 1. The zero-order valence-electron chi connectivity index (χ0n) is 21.9. The monoisotopic (exact) mass is 590 g/mol. The minimum absolute atomic E-state index is 0.0661. The van der Waals surface area contributed by atoms with Crippen molar-refractivity contribution in [1.82, 2.24) is 0 Å². The maximum atomic E-state index is 13.9. The summed E-state index contributed by atoms with van der Waals surface area (Å²) < 4.78 is 59.9. The third kappa shape index (κ3) is 7.18. The smallest absolute Gasteiger partial charge is 0.271 e. The number of halogens is 3. The highest BCUT2D eigenvalue weighted by Crippen LogP contribution is 2.34. The van der Waals surface area contributed by atoms with E-state index in [1.54, 1.807) is 37.3 Å². The summed E-state index contributed by atoms with van der Waals surface area (Å²) in [5, 5.41) is 25.5. The molecule has 0 fully saturated rings. The van der Waals surface area contributed by atoms with Gasteiger partial charge in [0.1, 0.15) is 15.7 Å². The lowest BCUT2D eigenvalue weighted by Gasteiger charge is -2.16. The van der Waals surface area contributed by atoms with Gasteiger partial charge in [0.15, 0.2) is 5.78 Å². The first-order valence-corrected chi connectivity index (χ1v) is 14.2. The van der Waals surface area contributed by atoms with Crippen LogP contribution in [-0.4, -0.2) is 43.3 Å². The van der Waals surface area contributed by atoms with E-state index in [1.165, 1.54) is 30.3 Å². The van der Waals surface area contributed by atoms with E-state index in [0.717, 1.165) is 6.07 Å². The molecule has 0 unspecified atom stereocenters. The van der Waals surface area contributed by atoms with Crippen molar-refractivity contribution in [3.8, 4) is 5.75 Å². The standard InChI is InChI=1S/C29H29ClF2N2O5S/c1-3-39-25-15-19(14-24(33)28(36)21(17-35)20-7-5-4-6-8-20)10-12-26(25)40(37,38)27(34)16-18-9-11-23(30)22(13-18)29(2,31)32/h4-13,15,21,33-35H,3,14,16-17H2,1-2H3/t21-/m0/s1. The Balaban J connectivity index is 1.85. The van der Waals surface area contributed by atoms with Gasteiger partial charge in [0, 0.05) is 30.4 Å². The second-order valence-electron chi connectivity index (χ2n) is 9.19. The molecule has 0 saturated heterocycles. The zero-order chi connectivity index (χ0) is 29.7. The molecule has 0 saturated carbocycles. The van der Waals surface area contributed by atoms with Crippen molar-refractivity contribution in [3.05, 3.63) is 94.0 Å². The molecule has 0 aromatic heterocycles. The Bertz CT molecular complexity index is 1520. The molecule has 0 radical (unpaired) electrons. The number of Topliss-reactive ketones (excluding diaryl/α,β-unsaturated/α-hetero) is 1. The van der Waals surface area contributed by atoms with Crippen molar-refractivity contribution >= 4 is 38.0 Å². The van der Waals surface area contributed by atoms with E-state index in [-0.39, 0.29) is 40.0 Å². The average molecular weight is 591 g/mol. The highest BCUT2D eigenvalue weighted by atomic mass is 35.5. The SMILES string of the molecule is CCOc1cc(CC(=N)C(=O)[C@@H](CO)c2ccccc2)ccc1S(=O)(=O)C(=N)Cc1ccc(Cl)c(C(C)(F)F)c1. The van der Waals surface area contributed by atoms with Crippen LogP contribution in [0.5, 0.6) is 5.75 Å². The number of benzene rings is 3. The topological polar surface area (TPSA) is 128 Å². The fourth-order valence-corrected chi connectivity index (χ4v) is 5.65. The number of alkyl halides is 2. The van der Waals surface area contributed by atoms with Gasteiger partial charge in [-0.1, -0.05) is 54.1 Å². The number of carbonyl (C=O) groups excluding carboxylic acids is 1. The van der Waals surface area contributed by atoms with Crippen LogP contribution in [-0.2, 0) is 33.4 Å². The predicted octanol–water partition coefficient (Wildman–Crippen LogP) is 5.75. The Labute approximate surface area is 236 Å². The van der Waals surface area contributed by atoms with E-state index >= 15 is 0 Å². The fraction of sp³-hybridized carbons (Fsp3) is 0.276. The third-order valence-corrected chi connectivity index (χ3v) is 8.21. The molecule has 212 valence electrons. The van der Waals surface area contributed by atoms with Crippen molar-refractivity contribution in [2.45, 2.75) is 43.4 Å². The Morgan fingerprint density at radius 1 is 1.02 bits per heavy atom. The van der Waals surface area contributed by atoms with E-state index in [2.05, 4.69) is 0 Å². The first kappa shape index (κ1) is 31.1. The summed E-state index contributed by atoms with van der Waals surface area (Å²) in [6, 6.07) is 16.3. The van der Waals surface area contributed by atoms with Gasteiger partial charge >= 0.3 is 0 Å². The number of sulfone groups is 1. The fourth-order valence-electron chi connectivity index (χ4n) is 4.11. The summed E-state index contributed by atoms with van der Waals surface area (Å²) >= 11 is 5.87. The van der Waals surface area contributed by atoms with E-state index in [4.69, 9.17) is 27.2 Å². The molecule has 0 spiro atoms. The average Bonchev–Trinajstić information content (AvgIpc) is 2.90. The van der Waals surface area contributed by atoms with E-state index in [9.17, 15) is 27.1 Å². The molecule has 0 aliphatic rings. The molecule has 0 bridgehead atoms. The second-order valence-corrected chi connectivity index (χ2v) is 11.5. The van der Waals surface area contributed by atoms with Gasteiger partial charge in [0.05, 0.1) is 24.8 Å². The summed E-state index contributed by atoms with van der Waals surface area (Å²) in [7, 11) is -4.38. The molecule has 3 aromatic rings. The zero-order valence-corrected chi connectivity index (χ0v) is 23.5. The van der Waals surface area contributed by atoms with Crippen molar-refractivity contribution < 1.29 is 31.8 Å². The molecule has 11 heteroatoms.